The third-order valence-corrected chi connectivity index (χ3v) is 2.94. The van der Waals surface area contributed by atoms with Crippen LogP contribution in [0.2, 0.25) is 0 Å². The second kappa shape index (κ2) is 8.40. The van der Waals surface area contributed by atoms with E-state index in [1.807, 2.05) is 18.2 Å². The van der Waals surface area contributed by atoms with Gasteiger partial charge in [0.05, 0.1) is 0 Å². The van der Waals surface area contributed by atoms with Crippen LogP contribution in [0.4, 0.5) is 5.69 Å². The van der Waals surface area contributed by atoms with E-state index in [2.05, 4.69) is 48.2 Å². The van der Waals surface area contributed by atoms with Crippen LogP contribution in [0.15, 0.2) is 35.3 Å². The van der Waals surface area contributed by atoms with Gasteiger partial charge in [0, 0.05) is 32.4 Å². The Labute approximate surface area is 116 Å². The van der Waals surface area contributed by atoms with Crippen molar-refractivity contribution >= 4 is 11.6 Å². The number of benzene rings is 1. The Kier molecular flexibility index (Phi) is 6.79. The molecule has 0 aliphatic rings. The number of nitrogens with one attached hydrogen (secondary N) is 1. The standard InChI is InChI=1S/C15H26N4/c1-13(2)9-10-17-15(16)18-11-12-19(3)14-7-5-4-6-8-14/h4-8,13H,9-12H2,1-3H3,(H3,16,17,18). The minimum absolute atomic E-state index is 0.544. The molecule has 106 valence electrons. The molecule has 0 unspecified atom stereocenters. The molecule has 19 heavy (non-hydrogen) atoms. The first-order valence-corrected chi connectivity index (χ1v) is 6.89. The third kappa shape index (κ3) is 6.70. The van der Waals surface area contributed by atoms with Gasteiger partial charge in [0.1, 0.15) is 0 Å². The Balaban J connectivity index is 2.23. The van der Waals surface area contributed by atoms with Gasteiger partial charge in [-0.3, -0.25) is 4.99 Å². The van der Waals surface area contributed by atoms with Crippen molar-refractivity contribution in [1.82, 2.24) is 5.32 Å². The van der Waals surface area contributed by atoms with Gasteiger partial charge in [-0.1, -0.05) is 32.0 Å². The fourth-order valence-corrected chi connectivity index (χ4v) is 1.66. The van der Waals surface area contributed by atoms with E-state index >= 15 is 0 Å². The van der Waals surface area contributed by atoms with Crippen LogP contribution < -0.4 is 16.0 Å². The maximum Gasteiger partial charge on any atom is 0.188 e. The van der Waals surface area contributed by atoms with Gasteiger partial charge in [-0.25, -0.2) is 0 Å². The van der Waals surface area contributed by atoms with Crippen LogP contribution in [0.1, 0.15) is 20.3 Å². The highest BCUT2D eigenvalue weighted by Gasteiger charge is 1.99. The second-order valence-corrected chi connectivity index (χ2v) is 5.13. The number of nitrogens with zero attached hydrogens (tertiary/aromatic N) is 2. The van der Waals surface area contributed by atoms with Crippen molar-refractivity contribution in [2.45, 2.75) is 20.3 Å². The first-order chi connectivity index (χ1) is 9.09. The van der Waals surface area contributed by atoms with Crippen molar-refractivity contribution in [3.63, 3.8) is 0 Å². The summed E-state index contributed by atoms with van der Waals surface area (Å²) in [6, 6.07) is 10.3. The Hall–Kier alpha value is -1.71. The Morgan fingerprint density at radius 3 is 2.63 bits per heavy atom. The van der Waals surface area contributed by atoms with E-state index < -0.39 is 0 Å². The van der Waals surface area contributed by atoms with Crippen molar-refractivity contribution in [3.05, 3.63) is 30.3 Å². The number of likely N-dealkylation sites (N-methyl/N-ethyl adjacent to an activating group) is 1. The topological polar surface area (TPSA) is 53.6 Å². The molecule has 0 amide bonds. The Morgan fingerprint density at radius 2 is 2.00 bits per heavy atom. The van der Waals surface area contributed by atoms with Gasteiger partial charge in [-0.15, -0.1) is 0 Å². The summed E-state index contributed by atoms with van der Waals surface area (Å²) < 4.78 is 0. The largest absolute Gasteiger partial charge is 0.373 e. The summed E-state index contributed by atoms with van der Waals surface area (Å²) in [7, 11) is 2.07. The SMILES string of the molecule is CC(C)CCN=C(N)NCCN(C)c1ccccc1. The number of hydrogen-bond acceptors (Lipinski definition) is 2. The normalized spacial score (nSPS) is 11.7. The molecule has 0 spiro atoms. The Morgan fingerprint density at radius 1 is 1.32 bits per heavy atom. The van der Waals surface area contributed by atoms with Crippen LogP contribution in [0.5, 0.6) is 0 Å². The lowest BCUT2D eigenvalue weighted by atomic mass is 10.1. The predicted molar refractivity (Wildman–Crippen MR) is 83.7 cm³/mol. The number of guanidine groups is 1. The zero-order valence-electron chi connectivity index (χ0n) is 12.3. The molecule has 0 atom stereocenters. The number of nitrogens with two attached hydrogens (primary N) is 1. The molecule has 0 bridgehead atoms. The van der Waals surface area contributed by atoms with Crippen molar-refractivity contribution < 1.29 is 0 Å². The molecule has 4 heteroatoms. The first-order valence-electron chi connectivity index (χ1n) is 6.89. The molecule has 1 aromatic carbocycles. The van der Waals surface area contributed by atoms with Crippen molar-refractivity contribution in [3.8, 4) is 0 Å². The van der Waals surface area contributed by atoms with Crippen LogP contribution in [0, 0.1) is 5.92 Å². The summed E-state index contributed by atoms with van der Waals surface area (Å²) in [6.45, 7) is 6.86. The number of para-hydroxylation sites is 1. The van der Waals surface area contributed by atoms with Crippen LogP contribution in [-0.4, -0.2) is 32.6 Å². The number of anilines is 1. The number of aliphatic imine (C=N–C) groups is 1. The van der Waals surface area contributed by atoms with Gasteiger partial charge in [0.2, 0.25) is 0 Å². The smallest absolute Gasteiger partial charge is 0.188 e. The van der Waals surface area contributed by atoms with Gasteiger partial charge in [0.15, 0.2) is 5.96 Å². The van der Waals surface area contributed by atoms with Gasteiger partial charge in [-0.05, 0) is 24.5 Å². The number of hydrogen-bond donors (Lipinski definition) is 2. The van der Waals surface area contributed by atoms with E-state index in [1.165, 1.54) is 5.69 Å². The van der Waals surface area contributed by atoms with E-state index in [1.54, 1.807) is 0 Å². The summed E-state index contributed by atoms with van der Waals surface area (Å²) in [6.07, 6.45) is 1.08. The molecule has 1 rings (SSSR count). The molecule has 0 saturated heterocycles. The van der Waals surface area contributed by atoms with E-state index in [0.717, 1.165) is 26.1 Å². The molecule has 0 heterocycles. The van der Waals surface area contributed by atoms with Gasteiger partial charge < -0.3 is 16.0 Å². The van der Waals surface area contributed by atoms with E-state index in [9.17, 15) is 0 Å². The predicted octanol–water partition coefficient (Wildman–Crippen LogP) is 2.07. The lowest BCUT2D eigenvalue weighted by Crippen LogP contribution is -2.37. The maximum atomic E-state index is 5.81. The molecule has 1 aromatic rings. The highest BCUT2D eigenvalue weighted by atomic mass is 15.1. The molecule has 0 fully saturated rings. The summed E-state index contributed by atoms with van der Waals surface area (Å²) in [5, 5.41) is 3.14. The van der Waals surface area contributed by atoms with Crippen LogP contribution >= 0.6 is 0 Å². The summed E-state index contributed by atoms with van der Waals surface area (Å²) in [4.78, 5) is 6.49. The average Bonchev–Trinajstić information content (AvgIpc) is 2.39. The van der Waals surface area contributed by atoms with E-state index in [-0.39, 0.29) is 0 Å². The fraction of sp³-hybridized carbons (Fsp3) is 0.533. The molecule has 0 saturated carbocycles. The van der Waals surface area contributed by atoms with Crippen LogP contribution in [0.25, 0.3) is 0 Å². The quantitative estimate of drug-likeness (QED) is 0.584. The van der Waals surface area contributed by atoms with Gasteiger partial charge >= 0.3 is 0 Å². The average molecular weight is 262 g/mol. The lowest BCUT2D eigenvalue weighted by Gasteiger charge is -2.19. The highest BCUT2D eigenvalue weighted by Crippen LogP contribution is 2.09. The lowest BCUT2D eigenvalue weighted by molar-refractivity contribution is 0.595. The van der Waals surface area contributed by atoms with Crippen molar-refractivity contribution in [1.29, 1.82) is 0 Å². The first kappa shape index (κ1) is 15.3. The highest BCUT2D eigenvalue weighted by molar-refractivity contribution is 5.77. The fourth-order valence-electron chi connectivity index (χ4n) is 1.66. The van der Waals surface area contributed by atoms with Gasteiger partial charge in [0.25, 0.3) is 0 Å². The molecule has 0 aliphatic carbocycles. The molecule has 0 radical (unpaired) electrons. The molecule has 0 aliphatic heterocycles. The van der Waals surface area contributed by atoms with Crippen molar-refractivity contribution in [2.75, 3.05) is 31.6 Å². The maximum absolute atomic E-state index is 5.81. The molecule has 3 N–H and O–H groups in total. The molecule has 4 nitrogen and oxygen atoms in total. The molecule has 0 aromatic heterocycles. The van der Waals surface area contributed by atoms with Crippen molar-refractivity contribution in [2.24, 2.45) is 16.6 Å². The summed E-state index contributed by atoms with van der Waals surface area (Å²) >= 11 is 0. The van der Waals surface area contributed by atoms with Crippen LogP contribution in [-0.2, 0) is 0 Å². The van der Waals surface area contributed by atoms with Crippen LogP contribution in [0.3, 0.4) is 0 Å². The zero-order chi connectivity index (χ0) is 14.1. The summed E-state index contributed by atoms with van der Waals surface area (Å²) in [5.41, 5.74) is 7.01. The minimum atomic E-state index is 0.544. The molecular formula is C15H26N4. The third-order valence-electron chi connectivity index (χ3n) is 2.94. The zero-order valence-corrected chi connectivity index (χ0v) is 12.3. The summed E-state index contributed by atoms with van der Waals surface area (Å²) in [5.74, 6) is 1.21. The Bertz CT molecular complexity index is 373. The monoisotopic (exact) mass is 262 g/mol. The van der Waals surface area contributed by atoms with Gasteiger partial charge in [-0.2, -0.15) is 0 Å². The van der Waals surface area contributed by atoms with E-state index in [0.29, 0.717) is 11.9 Å². The molecular weight excluding hydrogens is 236 g/mol. The second-order valence-electron chi connectivity index (χ2n) is 5.13. The number of rotatable bonds is 7. The van der Waals surface area contributed by atoms with E-state index in [4.69, 9.17) is 5.73 Å². The minimum Gasteiger partial charge on any atom is -0.373 e.